The van der Waals surface area contributed by atoms with E-state index < -0.39 is 10.0 Å². The molecule has 2 aliphatic rings. The lowest BCUT2D eigenvalue weighted by Gasteiger charge is -2.30. The first-order valence-electron chi connectivity index (χ1n) is 7.86. The maximum absolute atomic E-state index is 12.7. The molecule has 0 N–H and O–H groups in total. The van der Waals surface area contributed by atoms with Crippen LogP contribution >= 0.6 is 0 Å². The lowest BCUT2D eigenvalue weighted by molar-refractivity contribution is 0.122. The number of hydrogen-bond acceptors (Lipinski definition) is 5. The Morgan fingerprint density at radius 2 is 2.00 bits per heavy atom. The van der Waals surface area contributed by atoms with Gasteiger partial charge in [0.05, 0.1) is 13.2 Å². The molecule has 0 saturated carbocycles. The first-order chi connectivity index (χ1) is 10.6. The summed E-state index contributed by atoms with van der Waals surface area (Å²) in [5.74, 6) is 1.23. The second-order valence-electron chi connectivity index (χ2n) is 6.06. The Morgan fingerprint density at radius 3 is 2.64 bits per heavy atom. The molecule has 2 saturated heterocycles. The molecule has 6 nitrogen and oxygen atoms in total. The molecule has 0 amide bonds. The number of morpholine rings is 1. The highest BCUT2D eigenvalue weighted by Crippen LogP contribution is 2.24. The van der Waals surface area contributed by atoms with E-state index >= 15 is 0 Å². The van der Waals surface area contributed by atoms with Gasteiger partial charge in [-0.1, -0.05) is 6.92 Å². The molecule has 1 unspecified atom stereocenters. The Bertz CT molecular complexity index is 597. The highest BCUT2D eigenvalue weighted by atomic mass is 32.2. The third-order valence-electron chi connectivity index (χ3n) is 4.31. The predicted octanol–water partition coefficient (Wildman–Crippen LogP) is 1.34. The first kappa shape index (κ1) is 15.7. The van der Waals surface area contributed by atoms with E-state index in [-0.39, 0.29) is 0 Å². The Labute approximate surface area is 132 Å². The van der Waals surface area contributed by atoms with Gasteiger partial charge >= 0.3 is 0 Å². The summed E-state index contributed by atoms with van der Waals surface area (Å²) in [6.45, 7) is 6.28. The SMILES string of the molecule is CC1CCCN(S(=O)(=O)c2ccc(N3CCOCC3)nc2)C1. The topological polar surface area (TPSA) is 62.7 Å². The van der Waals surface area contributed by atoms with Crippen LogP contribution in [-0.4, -0.2) is 57.1 Å². The summed E-state index contributed by atoms with van der Waals surface area (Å²) < 4.78 is 32.3. The van der Waals surface area contributed by atoms with Crippen LogP contribution in [0.25, 0.3) is 0 Å². The van der Waals surface area contributed by atoms with Gasteiger partial charge in [0.1, 0.15) is 10.7 Å². The molecule has 7 heteroatoms. The number of ether oxygens (including phenoxy) is 1. The van der Waals surface area contributed by atoms with Gasteiger partial charge in [-0.3, -0.25) is 0 Å². The van der Waals surface area contributed by atoms with Crippen LogP contribution < -0.4 is 4.90 Å². The summed E-state index contributed by atoms with van der Waals surface area (Å²) in [6, 6.07) is 3.47. The van der Waals surface area contributed by atoms with Gasteiger partial charge in [-0.25, -0.2) is 13.4 Å². The van der Waals surface area contributed by atoms with Crippen molar-refractivity contribution in [2.45, 2.75) is 24.7 Å². The average Bonchev–Trinajstić information content (AvgIpc) is 2.56. The molecular formula is C15H23N3O3S. The Hall–Kier alpha value is -1.18. The van der Waals surface area contributed by atoms with Crippen LogP contribution in [-0.2, 0) is 14.8 Å². The van der Waals surface area contributed by atoms with E-state index in [4.69, 9.17) is 4.74 Å². The number of hydrogen-bond donors (Lipinski definition) is 0. The number of nitrogens with zero attached hydrogens (tertiary/aromatic N) is 3. The Kier molecular flexibility index (Phi) is 4.65. The second-order valence-corrected chi connectivity index (χ2v) is 8.00. The van der Waals surface area contributed by atoms with Gasteiger partial charge in [0.15, 0.2) is 0 Å². The maximum Gasteiger partial charge on any atom is 0.244 e. The lowest BCUT2D eigenvalue weighted by atomic mass is 10.0. The van der Waals surface area contributed by atoms with E-state index in [1.54, 1.807) is 16.4 Å². The van der Waals surface area contributed by atoms with Crippen LogP contribution in [0.1, 0.15) is 19.8 Å². The molecular weight excluding hydrogens is 302 g/mol. The van der Waals surface area contributed by atoms with Gasteiger partial charge in [-0.05, 0) is 30.9 Å². The summed E-state index contributed by atoms with van der Waals surface area (Å²) >= 11 is 0. The van der Waals surface area contributed by atoms with Crippen LogP contribution in [0, 0.1) is 5.92 Å². The van der Waals surface area contributed by atoms with Gasteiger partial charge in [0.25, 0.3) is 0 Å². The van der Waals surface area contributed by atoms with Crippen molar-refractivity contribution >= 4 is 15.8 Å². The smallest absolute Gasteiger partial charge is 0.244 e. The minimum absolute atomic E-state index is 0.290. The van der Waals surface area contributed by atoms with Crippen molar-refractivity contribution in [3.63, 3.8) is 0 Å². The number of anilines is 1. The highest BCUT2D eigenvalue weighted by Gasteiger charge is 2.29. The Balaban J connectivity index is 1.76. The normalized spacial score (nSPS) is 24.4. The molecule has 1 aromatic heterocycles. The van der Waals surface area contributed by atoms with Gasteiger partial charge in [0, 0.05) is 32.4 Å². The van der Waals surface area contributed by atoms with Crippen LogP contribution in [0.15, 0.2) is 23.2 Å². The fourth-order valence-electron chi connectivity index (χ4n) is 3.02. The number of aromatic nitrogens is 1. The summed E-state index contributed by atoms with van der Waals surface area (Å²) in [5.41, 5.74) is 0. The largest absolute Gasteiger partial charge is 0.378 e. The standard InChI is InChI=1S/C15H23N3O3S/c1-13-3-2-6-18(12-13)22(19,20)14-4-5-15(16-11-14)17-7-9-21-10-8-17/h4-5,11,13H,2-3,6-10,12H2,1H3. The minimum atomic E-state index is -3.41. The van der Waals surface area contributed by atoms with Crippen LogP contribution in [0.2, 0.25) is 0 Å². The average molecular weight is 325 g/mol. The second kappa shape index (κ2) is 6.52. The summed E-state index contributed by atoms with van der Waals surface area (Å²) in [6.07, 6.45) is 3.51. The predicted molar refractivity (Wildman–Crippen MR) is 84.4 cm³/mol. The number of rotatable bonds is 3. The molecule has 1 atom stereocenters. The summed E-state index contributed by atoms with van der Waals surface area (Å²) in [5, 5.41) is 0. The zero-order valence-corrected chi connectivity index (χ0v) is 13.8. The van der Waals surface area contributed by atoms with Crippen LogP contribution in [0.5, 0.6) is 0 Å². The van der Waals surface area contributed by atoms with Gasteiger partial charge < -0.3 is 9.64 Å². The van der Waals surface area contributed by atoms with Crippen molar-refractivity contribution in [2.75, 3.05) is 44.3 Å². The van der Waals surface area contributed by atoms with Crippen molar-refractivity contribution in [1.29, 1.82) is 0 Å². The molecule has 22 heavy (non-hydrogen) atoms. The fraction of sp³-hybridized carbons (Fsp3) is 0.667. The molecule has 3 rings (SSSR count). The molecule has 122 valence electrons. The number of sulfonamides is 1. The maximum atomic E-state index is 12.7. The molecule has 0 aliphatic carbocycles. The van der Waals surface area contributed by atoms with E-state index in [9.17, 15) is 8.42 Å². The molecule has 2 aliphatic heterocycles. The van der Waals surface area contributed by atoms with Gasteiger partial charge in [0.2, 0.25) is 10.0 Å². The van der Waals surface area contributed by atoms with Gasteiger partial charge in [-0.15, -0.1) is 0 Å². The molecule has 0 radical (unpaired) electrons. The third-order valence-corrected chi connectivity index (χ3v) is 6.16. The summed E-state index contributed by atoms with van der Waals surface area (Å²) in [4.78, 5) is 6.75. The first-order valence-corrected chi connectivity index (χ1v) is 9.30. The van der Waals surface area contributed by atoms with Crippen molar-refractivity contribution < 1.29 is 13.2 Å². The molecule has 0 bridgehead atoms. The molecule has 1 aromatic rings. The minimum Gasteiger partial charge on any atom is -0.378 e. The molecule has 0 aromatic carbocycles. The molecule has 3 heterocycles. The quantitative estimate of drug-likeness (QED) is 0.839. The summed E-state index contributed by atoms with van der Waals surface area (Å²) in [7, 11) is -3.41. The number of pyridine rings is 1. The van der Waals surface area contributed by atoms with Crippen molar-refractivity contribution in [2.24, 2.45) is 5.92 Å². The Morgan fingerprint density at radius 1 is 1.23 bits per heavy atom. The van der Waals surface area contributed by atoms with E-state index in [0.29, 0.717) is 37.1 Å². The molecule has 2 fully saturated rings. The number of piperidine rings is 1. The highest BCUT2D eigenvalue weighted by molar-refractivity contribution is 7.89. The lowest BCUT2D eigenvalue weighted by Crippen LogP contribution is -2.39. The van der Waals surface area contributed by atoms with E-state index in [1.165, 1.54) is 6.20 Å². The zero-order valence-electron chi connectivity index (χ0n) is 12.9. The van der Waals surface area contributed by atoms with Crippen LogP contribution in [0.3, 0.4) is 0 Å². The molecule has 0 spiro atoms. The van der Waals surface area contributed by atoms with Crippen molar-refractivity contribution in [1.82, 2.24) is 9.29 Å². The van der Waals surface area contributed by atoms with E-state index in [2.05, 4.69) is 16.8 Å². The van der Waals surface area contributed by atoms with E-state index in [1.807, 2.05) is 0 Å². The van der Waals surface area contributed by atoms with Crippen LogP contribution in [0.4, 0.5) is 5.82 Å². The fourth-order valence-corrected chi connectivity index (χ4v) is 4.56. The van der Waals surface area contributed by atoms with Gasteiger partial charge in [-0.2, -0.15) is 4.31 Å². The monoisotopic (exact) mass is 325 g/mol. The third kappa shape index (κ3) is 3.26. The zero-order chi connectivity index (χ0) is 15.6. The van der Waals surface area contributed by atoms with E-state index in [0.717, 1.165) is 31.7 Å². The van der Waals surface area contributed by atoms with Crippen molar-refractivity contribution in [3.05, 3.63) is 18.3 Å². The van der Waals surface area contributed by atoms with Crippen molar-refractivity contribution in [3.8, 4) is 0 Å².